The van der Waals surface area contributed by atoms with Gasteiger partial charge in [-0.3, -0.25) is 4.79 Å². The normalized spacial score (nSPS) is 11.3. The van der Waals surface area contributed by atoms with Gasteiger partial charge in [-0.15, -0.1) is 11.6 Å². The highest BCUT2D eigenvalue weighted by molar-refractivity contribution is 6.18. The minimum absolute atomic E-state index is 0.108. The van der Waals surface area contributed by atoms with Gasteiger partial charge in [0.2, 0.25) is 5.91 Å². The molecule has 0 aliphatic heterocycles. The summed E-state index contributed by atoms with van der Waals surface area (Å²) >= 11 is 5.65. The molecular weight excluding hydrogens is 234 g/mol. The lowest BCUT2D eigenvalue weighted by Crippen LogP contribution is -2.45. The zero-order valence-electron chi connectivity index (χ0n) is 10.7. The van der Waals surface area contributed by atoms with Crippen LogP contribution in [0.15, 0.2) is 30.3 Å². The Hall–Kier alpha value is -1.02. The summed E-state index contributed by atoms with van der Waals surface area (Å²) in [6, 6.07) is 10.0. The third kappa shape index (κ3) is 4.39. The highest BCUT2D eigenvalue weighted by atomic mass is 35.5. The van der Waals surface area contributed by atoms with Gasteiger partial charge in [0.15, 0.2) is 0 Å². The van der Waals surface area contributed by atoms with Crippen molar-refractivity contribution in [3.8, 4) is 0 Å². The first-order chi connectivity index (χ1) is 7.95. The van der Waals surface area contributed by atoms with Crippen LogP contribution in [-0.2, 0) is 11.3 Å². The van der Waals surface area contributed by atoms with Crippen molar-refractivity contribution < 1.29 is 4.79 Å². The summed E-state index contributed by atoms with van der Waals surface area (Å²) in [5.41, 5.74) is 0.962. The first-order valence-corrected chi connectivity index (χ1v) is 6.39. The molecule has 0 atom stereocenters. The molecule has 0 saturated heterocycles. The van der Waals surface area contributed by atoms with Crippen LogP contribution in [-0.4, -0.2) is 22.2 Å². The summed E-state index contributed by atoms with van der Waals surface area (Å²) in [5.74, 6) is 0.483. The molecular formula is C14H20ClNO. The Morgan fingerprint density at radius 1 is 1.24 bits per heavy atom. The molecule has 2 nitrogen and oxygen atoms in total. The number of halogens is 1. The molecule has 1 amide bonds. The Labute approximate surface area is 109 Å². The minimum Gasteiger partial charge on any atom is -0.333 e. The summed E-state index contributed by atoms with van der Waals surface area (Å²) in [5, 5.41) is 0. The number of alkyl halides is 1. The van der Waals surface area contributed by atoms with E-state index in [2.05, 4.69) is 0 Å². The molecule has 94 valence electrons. The first-order valence-electron chi connectivity index (χ1n) is 5.85. The third-order valence-corrected chi connectivity index (χ3v) is 2.79. The van der Waals surface area contributed by atoms with Crippen molar-refractivity contribution in [3.63, 3.8) is 0 Å². The second kappa shape index (κ2) is 6.06. The zero-order chi connectivity index (χ0) is 12.9. The van der Waals surface area contributed by atoms with Crippen molar-refractivity contribution in [1.82, 2.24) is 4.90 Å². The van der Waals surface area contributed by atoms with Gasteiger partial charge in [-0.2, -0.15) is 0 Å². The molecule has 0 spiro atoms. The summed E-state index contributed by atoms with van der Waals surface area (Å²) in [6.07, 6.45) is 0.395. The lowest BCUT2D eigenvalue weighted by Gasteiger charge is -2.36. The lowest BCUT2D eigenvalue weighted by atomic mass is 10.0. The molecule has 0 fully saturated rings. The number of hydrogen-bond donors (Lipinski definition) is 0. The van der Waals surface area contributed by atoms with Crippen LogP contribution >= 0.6 is 11.6 Å². The largest absolute Gasteiger partial charge is 0.333 e. The van der Waals surface area contributed by atoms with Gasteiger partial charge >= 0.3 is 0 Å². The molecule has 1 aromatic carbocycles. The highest BCUT2D eigenvalue weighted by Gasteiger charge is 2.25. The van der Waals surface area contributed by atoms with Gasteiger partial charge in [0, 0.05) is 24.4 Å². The van der Waals surface area contributed by atoms with Crippen molar-refractivity contribution in [2.45, 2.75) is 39.3 Å². The van der Waals surface area contributed by atoms with E-state index in [4.69, 9.17) is 11.6 Å². The summed E-state index contributed by atoms with van der Waals surface area (Å²) < 4.78 is 0. The molecule has 0 aliphatic carbocycles. The van der Waals surface area contributed by atoms with Crippen LogP contribution in [0.4, 0.5) is 0 Å². The summed E-state index contributed by atoms with van der Waals surface area (Å²) in [4.78, 5) is 13.9. The van der Waals surface area contributed by atoms with Crippen LogP contribution in [0.25, 0.3) is 0 Å². The van der Waals surface area contributed by atoms with Gasteiger partial charge in [0.05, 0.1) is 0 Å². The van der Waals surface area contributed by atoms with Crippen LogP contribution < -0.4 is 0 Å². The lowest BCUT2D eigenvalue weighted by molar-refractivity contribution is -0.136. The second-order valence-corrected chi connectivity index (χ2v) is 5.45. The quantitative estimate of drug-likeness (QED) is 0.753. The van der Waals surface area contributed by atoms with E-state index in [9.17, 15) is 4.79 Å². The topological polar surface area (TPSA) is 20.3 Å². The number of nitrogens with zero attached hydrogens (tertiary/aromatic N) is 1. The number of rotatable bonds is 4. The van der Waals surface area contributed by atoms with Crippen molar-refractivity contribution in [2.75, 3.05) is 5.88 Å². The standard InChI is InChI=1S/C14H20ClNO/c1-14(2,3)16(13(17)9-10-15)11-12-7-5-4-6-8-12/h4-8H,9-11H2,1-3H3. The molecule has 0 unspecified atom stereocenters. The molecule has 0 bridgehead atoms. The Kier molecular flexibility index (Phi) is 5.01. The SMILES string of the molecule is CC(C)(C)N(Cc1ccccc1)C(=O)CCCl. The fraction of sp³-hybridized carbons (Fsp3) is 0.500. The molecule has 0 aromatic heterocycles. The fourth-order valence-corrected chi connectivity index (χ4v) is 1.84. The van der Waals surface area contributed by atoms with Crippen molar-refractivity contribution in [1.29, 1.82) is 0 Å². The number of amides is 1. The van der Waals surface area contributed by atoms with Gasteiger partial charge < -0.3 is 4.90 Å². The average molecular weight is 254 g/mol. The second-order valence-electron chi connectivity index (χ2n) is 5.08. The van der Waals surface area contributed by atoms with Gasteiger partial charge in [0.1, 0.15) is 0 Å². The van der Waals surface area contributed by atoms with E-state index < -0.39 is 0 Å². The van der Waals surface area contributed by atoms with Crippen molar-refractivity contribution in [2.24, 2.45) is 0 Å². The minimum atomic E-state index is -0.182. The van der Waals surface area contributed by atoms with E-state index in [1.807, 2.05) is 56.0 Å². The molecule has 1 rings (SSSR count). The van der Waals surface area contributed by atoms with Crippen molar-refractivity contribution in [3.05, 3.63) is 35.9 Å². The molecule has 0 saturated carbocycles. The molecule has 0 radical (unpaired) electrons. The smallest absolute Gasteiger partial charge is 0.224 e. The van der Waals surface area contributed by atoms with Crippen molar-refractivity contribution >= 4 is 17.5 Å². The number of carbonyl (C=O) groups excluding carboxylic acids is 1. The molecule has 3 heteroatoms. The van der Waals surface area contributed by atoms with Gasteiger partial charge in [0.25, 0.3) is 0 Å². The van der Waals surface area contributed by atoms with E-state index in [1.54, 1.807) is 0 Å². The number of benzene rings is 1. The van der Waals surface area contributed by atoms with Crippen LogP contribution in [0.1, 0.15) is 32.8 Å². The molecule has 0 aliphatic rings. The van der Waals surface area contributed by atoms with E-state index in [1.165, 1.54) is 0 Å². The average Bonchev–Trinajstić information content (AvgIpc) is 2.26. The predicted octanol–water partition coefficient (Wildman–Crippen LogP) is 3.44. The summed E-state index contributed by atoms with van der Waals surface area (Å²) in [7, 11) is 0. The first kappa shape index (κ1) is 14.0. The van der Waals surface area contributed by atoms with Crippen LogP contribution in [0, 0.1) is 0 Å². The Morgan fingerprint density at radius 2 is 1.82 bits per heavy atom. The van der Waals surface area contributed by atoms with E-state index in [0.29, 0.717) is 18.8 Å². The highest BCUT2D eigenvalue weighted by Crippen LogP contribution is 2.18. The monoisotopic (exact) mass is 253 g/mol. The van der Waals surface area contributed by atoms with Gasteiger partial charge in [-0.1, -0.05) is 30.3 Å². The van der Waals surface area contributed by atoms with Crippen LogP contribution in [0.3, 0.4) is 0 Å². The maximum atomic E-state index is 12.0. The Bertz CT molecular complexity index is 356. The molecule has 1 aromatic rings. The maximum absolute atomic E-state index is 12.0. The van der Waals surface area contributed by atoms with E-state index >= 15 is 0 Å². The number of carbonyl (C=O) groups is 1. The Morgan fingerprint density at radius 3 is 2.29 bits per heavy atom. The van der Waals surface area contributed by atoms with Gasteiger partial charge in [-0.05, 0) is 26.3 Å². The van der Waals surface area contributed by atoms with Gasteiger partial charge in [-0.25, -0.2) is 0 Å². The fourth-order valence-electron chi connectivity index (χ4n) is 1.68. The molecule has 0 heterocycles. The van der Waals surface area contributed by atoms with Crippen LogP contribution in [0.5, 0.6) is 0 Å². The maximum Gasteiger partial charge on any atom is 0.224 e. The predicted molar refractivity (Wildman–Crippen MR) is 72.1 cm³/mol. The third-order valence-electron chi connectivity index (χ3n) is 2.60. The molecule has 17 heavy (non-hydrogen) atoms. The molecule has 0 N–H and O–H groups in total. The number of hydrogen-bond acceptors (Lipinski definition) is 1. The van der Waals surface area contributed by atoms with E-state index in [0.717, 1.165) is 5.56 Å². The van der Waals surface area contributed by atoms with Crippen LogP contribution in [0.2, 0.25) is 0 Å². The zero-order valence-corrected chi connectivity index (χ0v) is 11.5. The Balaban J connectivity index is 2.82. The summed E-state index contributed by atoms with van der Waals surface area (Å²) in [6.45, 7) is 6.77. The van der Waals surface area contributed by atoms with E-state index in [-0.39, 0.29) is 11.4 Å².